The van der Waals surface area contributed by atoms with E-state index >= 15 is 0 Å². The van der Waals surface area contributed by atoms with Crippen molar-refractivity contribution in [2.24, 2.45) is 0 Å². The number of nitrogen functional groups attached to an aromatic ring is 1. The van der Waals surface area contributed by atoms with Crippen LogP contribution in [-0.4, -0.2) is 5.91 Å². The van der Waals surface area contributed by atoms with Gasteiger partial charge in [0.1, 0.15) is 0 Å². The molecule has 19 heavy (non-hydrogen) atoms. The van der Waals surface area contributed by atoms with Gasteiger partial charge in [0.05, 0.1) is 0 Å². The Morgan fingerprint density at radius 2 is 1.89 bits per heavy atom. The molecule has 2 aromatic rings. The van der Waals surface area contributed by atoms with Crippen molar-refractivity contribution in [3.63, 3.8) is 0 Å². The molecule has 0 unspecified atom stereocenters. The van der Waals surface area contributed by atoms with Gasteiger partial charge in [-0.05, 0) is 46.6 Å². The molecule has 2 rings (SSSR count). The molecule has 1 amide bonds. The van der Waals surface area contributed by atoms with Gasteiger partial charge in [-0.1, -0.05) is 29.8 Å². The molecule has 0 bridgehead atoms. The van der Waals surface area contributed by atoms with Crippen LogP contribution < -0.4 is 11.1 Å². The maximum atomic E-state index is 12.0. The van der Waals surface area contributed by atoms with Crippen molar-refractivity contribution >= 4 is 27.5 Å². The largest absolute Gasteiger partial charge is 0.398 e. The number of benzene rings is 2. The maximum absolute atomic E-state index is 12.0. The van der Waals surface area contributed by atoms with Crippen LogP contribution in [0.5, 0.6) is 0 Å². The predicted molar refractivity (Wildman–Crippen MR) is 80.9 cm³/mol. The number of rotatable bonds is 3. The lowest BCUT2D eigenvalue weighted by molar-refractivity contribution is 0.0951. The molecule has 2 aromatic carbocycles. The molecule has 0 heterocycles. The maximum Gasteiger partial charge on any atom is 0.251 e. The van der Waals surface area contributed by atoms with Crippen molar-refractivity contribution in [1.29, 1.82) is 0 Å². The van der Waals surface area contributed by atoms with Gasteiger partial charge in [0, 0.05) is 22.3 Å². The summed E-state index contributed by atoms with van der Waals surface area (Å²) in [4.78, 5) is 12.0. The fourth-order valence-corrected chi connectivity index (χ4v) is 1.92. The van der Waals surface area contributed by atoms with Crippen molar-refractivity contribution in [3.8, 4) is 0 Å². The van der Waals surface area contributed by atoms with Crippen molar-refractivity contribution in [3.05, 3.63) is 63.6 Å². The van der Waals surface area contributed by atoms with Crippen LogP contribution in [0, 0.1) is 6.92 Å². The summed E-state index contributed by atoms with van der Waals surface area (Å²) in [5, 5.41) is 2.87. The number of nitrogens with one attached hydrogen (secondary N) is 1. The third-order valence-electron chi connectivity index (χ3n) is 2.83. The highest BCUT2D eigenvalue weighted by molar-refractivity contribution is 9.10. The van der Waals surface area contributed by atoms with E-state index in [0.29, 0.717) is 17.8 Å². The number of hydrogen-bond acceptors (Lipinski definition) is 2. The molecule has 0 atom stereocenters. The molecule has 0 saturated carbocycles. The minimum atomic E-state index is -0.125. The number of carbonyl (C=O) groups is 1. The molecule has 4 heteroatoms. The molecule has 0 aliphatic heterocycles. The van der Waals surface area contributed by atoms with E-state index in [-0.39, 0.29) is 5.91 Å². The normalized spacial score (nSPS) is 10.2. The van der Waals surface area contributed by atoms with Gasteiger partial charge in [-0.15, -0.1) is 0 Å². The zero-order valence-electron chi connectivity index (χ0n) is 10.6. The summed E-state index contributed by atoms with van der Waals surface area (Å²) in [7, 11) is 0. The van der Waals surface area contributed by atoms with Gasteiger partial charge in [-0.2, -0.15) is 0 Å². The fourth-order valence-electron chi connectivity index (χ4n) is 1.68. The number of nitrogens with two attached hydrogens (primary N) is 1. The molecule has 0 spiro atoms. The Hall–Kier alpha value is -1.81. The lowest BCUT2D eigenvalue weighted by atomic mass is 10.1. The molecule has 0 aromatic heterocycles. The smallest absolute Gasteiger partial charge is 0.251 e. The van der Waals surface area contributed by atoms with E-state index in [1.165, 1.54) is 5.56 Å². The van der Waals surface area contributed by atoms with Crippen LogP contribution in [0.1, 0.15) is 21.5 Å². The van der Waals surface area contributed by atoms with E-state index in [1.807, 2.05) is 31.2 Å². The van der Waals surface area contributed by atoms with Gasteiger partial charge in [0.2, 0.25) is 0 Å². The van der Waals surface area contributed by atoms with Crippen molar-refractivity contribution in [1.82, 2.24) is 5.32 Å². The average Bonchev–Trinajstić information content (AvgIpc) is 2.41. The highest BCUT2D eigenvalue weighted by atomic mass is 79.9. The second-order valence-corrected chi connectivity index (χ2v) is 5.26. The minimum Gasteiger partial charge on any atom is -0.398 e. The Labute approximate surface area is 121 Å². The summed E-state index contributed by atoms with van der Waals surface area (Å²) < 4.78 is 0.794. The highest BCUT2D eigenvalue weighted by Gasteiger charge is 2.06. The summed E-state index contributed by atoms with van der Waals surface area (Å²) in [6.45, 7) is 2.54. The zero-order chi connectivity index (χ0) is 13.8. The van der Waals surface area contributed by atoms with E-state index in [2.05, 4.69) is 21.2 Å². The van der Waals surface area contributed by atoms with Crippen LogP contribution in [-0.2, 0) is 6.54 Å². The van der Waals surface area contributed by atoms with Gasteiger partial charge in [-0.3, -0.25) is 4.79 Å². The summed E-state index contributed by atoms with van der Waals surface area (Å²) in [5.74, 6) is -0.125. The Balaban J connectivity index is 2.01. The van der Waals surface area contributed by atoms with E-state index in [4.69, 9.17) is 5.73 Å². The van der Waals surface area contributed by atoms with Crippen molar-refractivity contribution in [2.75, 3.05) is 5.73 Å². The second kappa shape index (κ2) is 5.89. The number of halogens is 1. The third-order valence-corrected chi connectivity index (χ3v) is 3.55. The Morgan fingerprint density at radius 3 is 2.53 bits per heavy atom. The van der Waals surface area contributed by atoms with Gasteiger partial charge in [-0.25, -0.2) is 0 Å². The molecule has 0 aliphatic carbocycles. The monoisotopic (exact) mass is 318 g/mol. The first-order valence-electron chi connectivity index (χ1n) is 5.95. The first-order valence-corrected chi connectivity index (χ1v) is 6.74. The topological polar surface area (TPSA) is 55.1 Å². The molecule has 0 saturated heterocycles. The minimum absolute atomic E-state index is 0.125. The summed E-state index contributed by atoms with van der Waals surface area (Å²) in [6.07, 6.45) is 0. The van der Waals surface area contributed by atoms with E-state index in [9.17, 15) is 4.79 Å². The van der Waals surface area contributed by atoms with Crippen molar-refractivity contribution in [2.45, 2.75) is 13.5 Å². The SMILES string of the molecule is Cc1ccc(CNC(=O)c2ccc(Br)c(N)c2)cc1. The lowest BCUT2D eigenvalue weighted by Gasteiger charge is -2.07. The third kappa shape index (κ3) is 3.58. The molecular weight excluding hydrogens is 304 g/mol. The number of amides is 1. The fraction of sp³-hybridized carbons (Fsp3) is 0.133. The zero-order valence-corrected chi connectivity index (χ0v) is 12.2. The standard InChI is InChI=1S/C15H15BrN2O/c1-10-2-4-11(5-3-10)9-18-15(19)12-6-7-13(16)14(17)8-12/h2-8H,9,17H2,1H3,(H,18,19). The van der Waals surface area contributed by atoms with E-state index < -0.39 is 0 Å². The molecule has 3 nitrogen and oxygen atoms in total. The Kier molecular flexibility index (Phi) is 4.22. The van der Waals surface area contributed by atoms with Crippen LogP contribution in [0.3, 0.4) is 0 Å². The summed E-state index contributed by atoms with van der Waals surface area (Å²) in [5.41, 5.74) is 9.15. The Bertz CT molecular complexity index is 594. The number of carbonyl (C=O) groups excluding carboxylic acids is 1. The summed E-state index contributed by atoms with van der Waals surface area (Å²) >= 11 is 3.30. The van der Waals surface area contributed by atoms with Gasteiger partial charge >= 0.3 is 0 Å². The van der Waals surface area contributed by atoms with Crippen LogP contribution in [0.2, 0.25) is 0 Å². The summed E-state index contributed by atoms with van der Waals surface area (Å²) in [6, 6.07) is 13.2. The Morgan fingerprint density at radius 1 is 1.21 bits per heavy atom. The van der Waals surface area contributed by atoms with Crippen LogP contribution >= 0.6 is 15.9 Å². The molecular formula is C15H15BrN2O. The van der Waals surface area contributed by atoms with Crippen LogP contribution in [0.4, 0.5) is 5.69 Å². The first kappa shape index (κ1) is 13.6. The molecule has 0 aliphatic rings. The van der Waals surface area contributed by atoms with Crippen LogP contribution in [0.15, 0.2) is 46.9 Å². The van der Waals surface area contributed by atoms with Crippen LogP contribution in [0.25, 0.3) is 0 Å². The predicted octanol–water partition coefficient (Wildman–Crippen LogP) is 3.27. The number of hydrogen-bond donors (Lipinski definition) is 2. The molecule has 3 N–H and O–H groups in total. The number of anilines is 1. The quantitative estimate of drug-likeness (QED) is 0.853. The van der Waals surface area contributed by atoms with E-state index in [0.717, 1.165) is 10.0 Å². The molecule has 0 radical (unpaired) electrons. The number of aryl methyl sites for hydroxylation is 1. The van der Waals surface area contributed by atoms with Gasteiger partial charge in [0.25, 0.3) is 5.91 Å². The molecule has 98 valence electrons. The van der Waals surface area contributed by atoms with E-state index in [1.54, 1.807) is 18.2 Å². The molecule has 0 fully saturated rings. The highest BCUT2D eigenvalue weighted by Crippen LogP contribution is 2.20. The second-order valence-electron chi connectivity index (χ2n) is 4.40. The van der Waals surface area contributed by atoms with Gasteiger partial charge < -0.3 is 11.1 Å². The lowest BCUT2D eigenvalue weighted by Crippen LogP contribution is -2.22. The first-order chi connectivity index (χ1) is 9.06. The average molecular weight is 319 g/mol. The van der Waals surface area contributed by atoms with Gasteiger partial charge in [0.15, 0.2) is 0 Å². The van der Waals surface area contributed by atoms with Crippen molar-refractivity contribution < 1.29 is 4.79 Å².